The summed E-state index contributed by atoms with van der Waals surface area (Å²) in [6, 6.07) is 0. The van der Waals surface area contributed by atoms with Crippen molar-refractivity contribution < 1.29 is 45.8 Å². The molecule has 0 atom stereocenters. The predicted octanol–water partition coefficient (Wildman–Crippen LogP) is 1.33. The number of ketones is 3. The summed E-state index contributed by atoms with van der Waals surface area (Å²) >= 11 is 0. The van der Waals surface area contributed by atoms with E-state index in [0.29, 0.717) is 19.3 Å². The Morgan fingerprint density at radius 3 is 0.710 bits per heavy atom. The number of Topliss-reactive ketones (excluding diaryl/α,β-unsaturated/α-hetero) is 3. The van der Waals surface area contributed by atoms with Gasteiger partial charge in [0.1, 0.15) is 17.3 Å². The molecule has 0 rings (SSSR count). The van der Waals surface area contributed by atoms with Gasteiger partial charge >= 0.3 is 0 Å². The van der Waals surface area contributed by atoms with E-state index in [9.17, 15) is 28.8 Å². The Morgan fingerprint density at radius 2 is 0.613 bits per heavy atom. The first-order valence-corrected chi connectivity index (χ1v) is 9.88. The van der Waals surface area contributed by atoms with E-state index in [4.69, 9.17) is 0 Å². The van der Waals surface area contributed by atoms with E-state index in [0.717, 1.165) is 0 Å². The number of carbonyl (C=O) groups is 6. The van der Waals surface area contributed by atoms with Gasteiger partial charge in [-0.25, -0.2) is 0 Å². The molecule has 0 N–H and O–H groups in total. The fourth-order valence-corrected chi connectivity index (χ4v) is 1.36. The minimum Gasteiger partial charge on any atom is -0.348 e. The van der Waals surface area contributed by atoms with Crippen molar-refractivity contribution in [3.63, 3.8) is 0 Å². The number of carbonyl (C=O) groups excluding carboxylic acids is 6. The molecule has 0 saturated carbocycles. The van der Waals surface area contributed by atoms with Crippen LogP contribution in [0.1, 0.15) is 59.3 Å². The zero-order valence-corrected chi connectivity index (χ0v) is 21.5. The molecule has 0 unspecified atom stereocenters. The van der Waals surface area contributed by atoms with Crippen LogP contribution in [0.25, 0.3) is 0 Å². The van der Waals surface area contributed by atoms with Crippen LogP contribution in [0.2, 0.25) is 0 Å². The van der Waals surface area contributed by atoms with Crippen LogP contribution in [0, 0.1) is 0 Å². The fraction of sp³-hybridized carbons (Fsp3) is 0.714. The van der Waals surface area contributed by atoms with Crippen LogP contribution < -0.4 is 0 Å². The molecule has 0 aliphatic heterocycles. The average Bonchev–Trinajstić information content (AvgIpc) is 2.67. The molecule has 0 saturated heterocycles. The van der Waals surface area contributed by atoms with Gasteiger partial charge in [0.05, 0.1) is 19.3 Å². The van der Waals surface area contributed by atoms with Crippen LogP contribution in [0.4, 0.5) is 0 Å². The molecule has 9 nitrogen and oxygen atoms in total. The summed E-state index contributed by atoms with van der Waals surface area (Å²) < 4.78 is 0. The monoisotopic (exact) mass is 485 g/mol. The van der Waals surface area contributed by atoms with Crippen molar-refractivity contribution in [3.8, 4) is 0 Å². The molecule has 0 aliphatic carbocycles. The van der Waals surface area contributed by atoms with Crippen LogP contribution in [0.15, 0.2) is 0 Å². The van der Waals surface area contributed by atoms with E-state index >= 15 is 0 Å². The first-order chi connectivity index (χ1) is 13.7. The summed E-state index contributed by atoms with van der Waals surface area (Å²) in [4.78, 5) is 68.8. The van der Waals surface area contributed by atoms with Crippen molar-refractivity contribution in [3.05, 3.63) is 0 Å². The fourth-order valence-electron chi connectivity index (χ4n) is 1.36. The van der Waals surface area contributed by atoms with E-state index in [2.05, 4.69) is 0 Å². The first kappa shape index (κ1) is 36.3. The van der Waals surface area contributed by atoms with Crippen LogP contribution in [-0.2, 0) is 45.8 Å². The Bertz CT molecular complexity index is 509. The number of nitrogens with zero attached hydrogens (tertiary/aromatic N) is 3. The minimum absolute atomic E-state index is 0. The van der Waals surface area contributed by atoms with Gasteiger partial charge in [-0.15, -0.1) is 0 Å². The summed E-state index contributed by atoms with van der Waals surface area (Å²) in [6.45, 7) is 5.27. The van der Waals surface area contributed by atoms with Gasteiger partial charge in [-0.05, 0) is 0 Å². The number of amides is 3. The number of hydrogen-bond donors (Lipinski definition) is 0. The first-order valence-electron chi connectivity index (χ1n) is 9.88. The van der Waals surface area contributed by atoms with Crippen molar-refractivity contribution in [2.24, 2.45) is 0 Å². The molecule has 182 valence electrons. The molecule has 0 spiro atoms. The summed E-state index contributed by atoms with van der Waals surface area (Å²) in [5, 5.41) is 0. The van der Waals surface area contributed by atoms with Crippen molar-refractivity contribution >= 4 is 35.1 Å². The normalized spacial score (nSPS) is 8.81. The Morgan fingerprint density at radius 1 is 0.452 bits per heavy atom. The maximum Gasteiger partial charge on any atom is 0.229 e. The van der Waals surface area contributed by atoms with Gasteiger partial charge in [0.25, 0.3) is 0 Å². The van der Waals surface area contributed by atoms with Gasteiger partial charge in [-0.3, -0.25) is 28.8 Å². The Hall–Kier alpha value is -2.06. The van der Waals surface area contributed by atoms with Gasteiger partial charge in [0.2, 0.25) is 17.7 Å². The van der Waals surface area contributed by atoms with E-state index in [1.807, 2.05) is 0 Å². The summed E-state index contributed by atoms with van der Waals surface area (Å²) in [5.74, 6) is -0.360. The molecule has 0 aromatic rings. The maximum atomic E-state index is 10.8. The van der Waals surface area contributed by atoms with E-state index in [-0.39, 0.29) is 71.4 Å². The summed E-state index contributed by atoms with van der Waals surface area (Å²) in [7, 11) is 9.86. The Labute approximate surface area is 197 Å². The molecule has 0 fully saturated rings. The molecule has 0 heterocycles. The second kappa shape index (κ2) is 21.2. The molecular formula is C21H39FeN3O6. The zero-order valence-electron chi connectivity index (χ0n) is 20.4. The van der Waals surface area contributed by atoms with Crippen molar-refractivity contribution in [1.82, 2.24) is 14.7 Å². The van der Waals surface area contributed by atoms with Gasteiger partial charge in [-0.2, -0.15) is 0 Å². The second-order valence-corrected chi connectivity index (χ2v) is 7.07. The van der Waals surface area contributed by atoms with Gasteiger partial charge in [-0.1, -0.05) is 20.8 Å². The second-order valence-electron chi connectivity index (χ2n) is 7.07. The third-order valence-corrected chi connectivity index (χ3v) is 3.72. The van der Waals surface area contributed by atoms with Gasteiger partial charge in [0, 0.05) is 78.6 Å². The minimum atomic E-state index is -0.119. The topological polar surface area (TPSA) is 112 Å². The molecule has 3 amide bonds. The molecule has 31 heavy (non-hydrogen) atoms. The van der Waals surface area contributed by atoms with Crippen molar-refractivity contribution in [2.75, 3.05) is 42.3 Å². The molecule has 0 aromatic carbocycles. The maximum absolute atomic E-state index is 10.8. The summed E-state index contributed by atoms with van der Waals surface area (Å²) in [5.41, 5.74) is 0. The third-order valence-electron chi connectivity index (χ3n) is 3.72. The molecule has 10 heteroatoms. The molecule has 0 radical (unpaired) electrons. The Balaban J connectivity index is -0.000000174. The number of rotatable bonds is 9. The number of hydrogen-bond acceptors (Lipinski definition) is 6. The quantitative estimate of drug-likeness (QED) is 0.360. The third kappa shape index (κ3) is 24.1. The molecule has 0 aromatic heterocycles. The molecule has 0 aliphatic rings. The standard InChI is InChI=1S/3C7H13NO2.Fe/c3*1-4-6(9)5-7(10)8(2)3;/h3*4-5H2,1-3H3;. The van der Waals surface area contributed by atoms with Gasteiger partial charge < -0.3 is 14.7 Å². The van der Waals surface area contributed by atoms with Crippen LogP contribution in [-0.4, -0.2) is 92.1 Å². The van der Waals surface area contributed by atoms with E-state index < -0.39 is 0 Å². The van der Waals surface area contributed by atoms with Crippen LogP contribution in [0.5, 0.6) is 0 Å². The average molecular weight is 485 g/mol. The SMILES string of the molecule is CCC(=O)CC(=O)N(C)C.CCC(=O)CC(=O)N(C)C.CCC(=O)CC(=O)N(C)C.[Fe]. The Kier molecular flexibility index (Phi) is 24.8. The van der Waals surface area contributed by atoms with E-state index in [1.54, 1.807) is 63.1 Å². The van der Waals surface area contributed by atoms with Crippen LogP contribution >= 0.6 is 0 Å². The van der Waals surface area contributed by atoms with Crippen molar-refractivity contribution in [2.45, 2.75) is 59.3 Å². The van der Waals surface area contributed by atoms with E-state index in [1.165, 1.54) is 14.7 Å². The predicted molar refractivity (Wildman–Crippen MR) is 116 cm³/mol. The van der Waals surface area contributed by atoms with Gasteiger partial charge in [0.15, 0.2) is 0 Å². The molecular weight excluding hydrogens is 446 g/mol. The zero-order chi connectivity index (χ0) is 24.4. The summed E-state index contributed by atoms with van der Waals surface area (Å²) in [6.07, 6.45) is 1.47. The van der Waals surface area contributed by atoms with Crippen molar-refractivity contribution in [1.29, 1.82) is 0 Å². The smallest absolute Gasteiger partial charge is 0.229 e. The molecule has 0 bridgehead atoms. The van der Waals surface area contributed by atoms with Crippen LogP contribution in [0.3, 0.4) is 0 Å². The largest absolute Gasteiger partial charge is 0.348 e.